The summed E-state index contributed by atoms with van der Waals surface area (Å²) in [5.41, 5.74) is -0.0576. The lowest BCUT2D eigenvalue weighted by atomic mass is 10.3. The number of sulfonamides is 1. The fraction of sp³-hybridized carbons (Fsp3) is 0.333. The van der Waals surface area contributed by atoms with Gasteiger partial charge in [0.15, 0.2) is 0 Å². The molecule has 0 spiro atoms. The van der Waals surface area contributed by atoms with Crippen molar-refractivity contribution in [2.75, 3.05) is 16.4 Å². The molecule has 0 atom stereocenters. The molecule has 0 saturated heterocycles. The lowest BCUT2D eigenvalue weighted by Gasteiger charge is -2.08. The van der Waals surface area contributed by atoms with Crippen LogP contribution in [-0.2, 0) is 10.0 Å². The highest BCUT2D eigenvalue weighted by Gasteiger charge is 2.12. The molecule has 0 aromatic heterocycles. The molecule has 1 aromatic rings. The summed E-state index contributed by atoms with van der Waals surface area (Å²) in [7, 11) is -3.52. The first-order valence-electron chi connectivity index (χ1n) is 4.46. The highest BCUT2D eigenvalue weighted by Crippen LogP contribution is 2.20. The summed E-state index contributed by atoms with van der Waals surface area (Å²) >= 11 is 8.47. The van der Waals surface area contributed by atoms with Gasteiger partial charge in [-0.15, -0.1) is 11.6 Å². The predicted molar refractivity (Wildman–Crippen MR) is 66.8 cm³/mol. The maximum absolute atomic E-state index is 13.3. The lowest BCUT2D eigenvalue weighted by Crippen LogP contribution is -2.17. The molecule has 1 aromatic carbocycles. The SMILES string of the molecule is O=S(=O)(CCCCl)Nc1ccc(Br)cc1F. The fourth-order valence-corrected chi connectivity index (χ4v) is 2.79. The number of hydrogen-bond donors (Lipinski definition) is 1. The molecule has 0 aliphatic rings. The van der Waals surface area contributed by atoms with Crippen molar-refractivity contribution in [3.63, 3.8) is 0 Å². The van der Waals surface area contributed by atoms with E-state index in [-0.39, 0.29) is 17.3 Å². The summed E-state index contributed by atoms with van der Waals surface area (Å²) in [6.07, 6.45) is 0.328. The van der Waals surface area contributed by atoms with Gasteiger partial charge in [0.2, 0.25) is 10.0 Å². The molecule has 1 rings (SSSR count). The zero-order valence-corrected chi connectivity index (χ0v) is 11.4. The number of benzene rings is 1. The van der Waals surface area contributed by atoms with Gasteiger partial charge in [-0.25, -0.2) is 12.8 Å². The molecule has 0 bridgehead atoms. The molecule has 0 radical (unpaired) electrons. The van der Waals surface area contributed by atoms with E-state index in [1.54, 1.807) is 6.07 Å². The van der Waals surface area contributed by atoms with Gasteiger partial charge in [-0.05, 0) is 24.6 Å². The quantitative estimate of drug-likeness (QED) is 0.844. The maximum atomic E-state index is 13.3. The maximum Gasteiger partial charge on any atom is 0.232 e. The Bertz CT molecular complexity index is 467. The average Bonchev–Trinajstić information content (AvgIpc) is 2.19. The van der Waals surface area contributed by atoms with Crippen molar-refractivity contribution in [3.8, 4) is 0 Å². The molecule has 3 nitrogen and oxygen atoms in total. The van der Waals surface area contributed by atoms with Crippen LogP contribution in [0.2, 0.25) is 0 Å². The molecule has 0 aliphatic heterocycles. The van der Waals surface area contributed by atoms with E-state index < -0.39 is 15.8 Å². The van der Waals surface area contributed by atoms with E-state index >= 15 is 0 Å². The van der Waals surface area contributed by atoms with Crippen molar-refractivity contribution < 1.29 is 12.8 Å². The van der Waals surface area contributed by atoms with Crippen LogP contribution in [0.1, 0.15) is 6.42 Å². The zero-order chi connectivity index (χ0) is 12.2. The Morgan fingerprint density at radius 3 is 2.69 bits per heavy atom. The van der Waals surface area contributed by atoms with E-state index in [0.717, 1.165) is 0 Å². The van der Waals surface area contributed by atoms with Crippen molar-refractivity contribution >= 4 is 43.2 Å². The van der Waals surface area contributed by atoms with Crippen LogP contribution in [0.3, 0.4) is 0 Å². The van der Waals surface area contributed by atoms with Crippen molar-refractivity contribution in [1.82, 2.24) is 0 Å². The van der Waals surface area contributed by atoms with Crippen LogP contribution in [0.25, 0.3) is 0 Å². The Morgan fingerprint density at radius 2 is 2.12 bits per heavy atom. The minimum atomic E-state index is -3.52. The van der Waals surface area contributed by atoms with E-state index in [0.29, 0.717) is 10.9 Å². The lowest BCUT2D eigenvalue weighted by molar-refractivity contribution is 0.597. The molecule has 90 valence electrons. The molecule has 0 amide bonds. The van der Waals surface area contributed by atoms with Crippen LogP contribution in [0.4, 0.5) is 10.1 Å². The second kappa shape index (κ2) is 5.84. The van der Waals surface area contributed by atoms with Crippen molar-refractivity contribution in [1.29, 1.82) is 0 Å². The van der Waals surface area contributed by atoms with Gasteiger partial charge in [-0.1, -0.05) is 15.9 Å². The van der Waals surface area contributed by atoms with Gasteiger partial charge < -0.3 is 0 Å². The number of rotatable bonds is 5. The predicted octanol–water partition coefficient (Wildman–Crippen LogP) is 2.96. The van der Waals surface area contributed by atoms with E-state index in [4.69, 9.17) is 11.6 Å². The number of halogens is 3. The Labute approximate surface area is 107 Å². The Kier molecular flexibility index (Phi) is 5.01. The molecular weight excluding hydrogens is 321 g/mol. The molecule has 0 aliphatic carbocycles. The van der Waals surface area contributed by atoms with Crippen LogP contribution in [0.5, 0.6) is 0 Å². The van der Waals surface area contributed by atoms with Gasteiger partial charge in [0.25, 0.3) is 0 Å². The van der Waals surface area contributed by atoms with Gasteiger partial charge in [0, 0.05) is 10.4 Å². The summed E-state index contributed by atoms with van der Waals surface area (Å²) in [6, 6.07) is 4.11. The van der Waals surface area contributed by atoms with Gasteiger partial charge in [0.05, 0.1) is 11.4 Å². The molecule has 7 heteroatoms. The Balaban J connectivity index is 2.80. The molecule has 16 heavy (non-hydrogen) atoms. The fourth-order valence-electron chi connectivity index (χ4n) is 1.04. The normalized spacial score (nSPS) is 11.4. The van der Waals surface area contributed by atoms with Crippen molar-refractivity contribution in [2.45, 2.75) is 6.42 Å². The minimum Gasteiger partial charge on any atom is -0.281 e. The standard InChI is InChI=1S/C9H10BrClFNO2S/c10-7-2-3-9(8(12)6-7)13-16(14,15)5-1-4-11/h2-3,6,13H,1,4-5H2. The minimum absolute atomic E-state index is 0.0576. The van der Waals surface area contributed by atoms with Crippen LogP contribution in [-0.4, -0.2) is 20.1 Å². The summed E-state index contributed by atoms with van der Waals surface area (Å²) in [5, 5.41) is 0. The average molecular weight is 331 g/mol. The van der Waals surface area contributed by atoms with Crippen LogP contribution < -0.4 is 4.72 Å². The number of anilines is 1. The summed E-state index contributed by atoms with van der Waals surface area (Å²) in [4.78, 5) is 0. The second-order valence-electron chi connectivity index (χ2n) is 3.09. The Hall–Kier alpha value is -0.330. The number of hydrogen-bond acceptors (Lipinski definition) is 2. The van der Waals surface area contributed by atoms with Crippen LogP contribution in [0.15, 0.2) is 22.7 Å². The van der Waals surface area contributed by atoms with Crippen LogP contribution in [0, 0.1) is 5.82 Å². The number of nitrogens with one attached hydrogen (secondary N) is 1. The first-order chi connectivity index (χ1) is 7.44. The summed E-state index contributed by atoms with van der Waals surface area (Å²) in [6.45, 7) is 0. The van der Waals surface area contributed by atoms with E-state index in [9.17, 15) is 12.8 Å². The third-order valence-electron chi connectivity index (χ3n) is 1.74. The van der Waals surface area contributed by atoms with Crippen molar-refractivity contribution in [2.24, 2.45) is 0 Å². The van der Waals surface area contributed by atoms with E-state index in [1.165, 1.54) is 12.1 Å². The first kappa shape index (κ1) is 13.7. The second-order valence-corrected chi connectivity index (χ2v) is 6.22. The smallest absolute Gasteiger partial charge is 0.232 e. The molecular formula is C9H10BrClFNO2S. The van der Waals surface area contributed by atoms with Gasteiger partial charge in [0.1, 0.15) is 5.82 Å². The molecule has 0 saturated carbocycles. The molecule has 0 heterocycles. The molecule has 0 unspecified atom stereocenters. The number of alkyl halides is 1. The van der Waals surface area contributed by atoms with E-state index in [2.05, 4.69) is 20.7 Å². The first-order valence-corrected chi connectivity index (χ1v) is 7.44. The third-order valence-corrected chi connectivity index (χ3v) is 3.86. The van der Waals surface area contributed by atoms with Crippen LogP contribution >= 0.6 is 27.5 Å². The summed E-state index contributed by atoms with van der Waals surface area (Å²) < 4.78 is 38.9. The molecule has 0 fully saturated rings. The van der Waals surface area contributed by atoms with Gasteiger partial charge >= 0.3 is 0 Å². The molecule has 1 N–H and O–H groups in total. The van der Waals surface area contributed by atoms with Gasteiger partial charge in [-0.2, -0.15) is 0 Å². The largest absolute Gasteiger partial charge is 0.281 e. The highest BCUT2D eigenvalue weighted by atomic mass is 79.9. The third kappa shape index (κ3) is 4.27. The monoisotopic (exact) mass is 329 g/mol. The summed E-state index contributed by atoms with van der Waals surface area (Å²) in [5.74, 6) is -0.487. The van der Waals surface area contributed by atoms with Crippen molar-refractivity contribution in [3.05, 3.63) is 28.5 Å². The van der Waals surface area contributed by atoms with E-state index in [1.807, 2.05) is 0 Å². The highest BCUT2D eigenvalue weighted by molar-refractivity contribution is 9.10. The Morgan fingerprint density at radius 1 is 1.44 bits per heavy atom. The van der Waals surface area contributed by atoms with Gasteiger partial charge in [-0.3, -0.25) is 4.72 Å². The topological polar surface area (TPSA) is 46.2 Å². The zero-order valence-electron chi connectivity index (χ0n) is 8.21.